The molecule has 0 aliphatic rings. The van der Waals surface area contributed by atoms with E-state index in [1.807, 2.05) is 30.3 Å². The first-order chi connectivity index (χ1) is 13.0. The first-order valence-corrected chi connectivity index (χ1v) is 8.17. The van der Waals surface area contributed by atoms with E-state index in [1.54, 1.807) is 24.3 Å². The summed E-state index contributed by atoms with van der Waals surface area (Å²) in [5.41, 5.74) is 6.28. The molecule has 1 amide bonds. The van der Waals surface area contributed by atoms with Gasteiger partial charge in [-0.15, -0.1) is 0 Å². The van der Waals surface area contributed by atoms with Crippen LogP contribution in [0.25, 0.3) is 0 Å². The zero-order valence-corrected chi connectivity index (χ0v) is 14.3. The Morgan fingerprint density at radius 3 is 2.37 bits per heavy atom. The topological polar surface area (TPSA) is 126 Å². The van der Waals surface area contributed by atoms with Gasteiger partial charge in [-0.3, -0.25) is 9.59 Å². The van der Waals surface area contributed by atoms with Crippen LogP contribution in [-0.2, 0) is 6.61 Å². The van der Waals surface area contributed by atoms with E-state index in [0.29, 0.717) is 11.1 Å². The van der Waals surface area contributed by atoms with Crippen molar-refractivity contribution in [3.63, 3.8) is 0 Å². The lowest BCUT2D eigenvalue weighted by molar-refractivity contribution is 0.100. The van der Waals surface area contributed by atoms with Crippen LogP contribution >= 0.6 is 0 Å². The highest BCUT2D eigenvalue weighted by Crippen LogP contribution is 2.31. The number of carbonyl (C=O) groups is 1. The van der Waals surface area contributed by atoms with Gasteiger partial charge in [-0.05, 0) is 29.8 Å². The summed E-state index contributed by atoms with van der Waals surface area (Å²) < 4.78 is 5.55. The van der Waals surface area contributed by atoms with Crippen LogP contribution in [0.15, 0.2) is 69.9 Å². The molecule has 1 heterocycles. The first-order valence-electron chi connectivity index (χ1n) is 8.17. The van der Waals surface area contributed by atoms with Gasteiger partial charge in [-0.1, -0.05) is 30.3 Å². The normalized spacial score (nSPS) is 11.7. The van der Waals surface area contributed by atoms with E-state index in [2.05, 4.69) is 5.32 Å². The summed E-state index contributed by atoms with van der Waals surface area (Å²) in [6.07, 6.45) is 0. The fraction of sp³-hybridized carbons (Fsp3) is 0.100. The third kappa shape index (κ3) is 3.99. The monoisotopic (exact) mass is 366 g/mol. The van der Waals surface area contributed by atoms with Crippen LogP contribution in [0.1, 0.15) is 33.5 Å². The average Bonchev–Trinajstić information content (AvgIpc) is 2.69. The van der Waals surface area contributed by atoms with E-state index in [4.69, 9.17) is 10.2 Å². The summed E-state index contributed by atoms with van der Waals surface area (Å²) in [5.74, 6) is -1.13. The van der Waals surface area contributed by atoms with E-state index < -0.39 is 29.7 Å². The van der Waals surface area contributed by atoms with Crippen LogP contribution in [0.2, 0.25) is 0 Å². The number of nitrogens with one attached hydrogen (secondary N) is 1. The van der Waals surface area contributed by atoms with Gasteiger partial charge in [0.2, 0.25) is 17.1 Å². The Balaban J connectivity index is 2.11. The van der Waals surface area contributed by atoms with Gasteiger partial charge in [0.15, 0.2) is 5.76 Å². The Bertz CT molecular complexity index is 997. The van der Waals surface area contributed by atoms with Crippen molar-refractivity contribution >= 4 is 11.6 Å². The lowest BCUT2D eigenvalue weighted by Gasteiger charge is -2.21. The summed E-state index contributed by atoms with van der Waals surface area (Å²) in [7, 11) is 0. The van der Waals surface area contributed by atoms with Gasteiger partial charge in [0.1, 0.15) is 18.4 Å². The number of amides is 1. The average molecular weight is 366 g/mol. The van der Waals surface area contributed by atoms with Crippen molar-refractivity contribution in [3.05, 3.63) is 93.5 Å². The molecule has 1 atom stereocenters. The Labute approximate surface area is 154 Å². The molecule has 7 nitrogen and oxygen atoms in total. The fourth-order valence-corrected chi connectivity index (χ4v) is 2.67. The molecule has 3 aromatic rings. The van der Waals surface area contributed by atoms with Crippen molar-refractivity contribution in [3.8, 4) is 5.75 Å². The molecule has 27 heavy (non-hydrogen) atoms. The van der Waals surface area contributed by atoms with E-state index in [-0.39, 0.29) is 11.5 Å². The predicted octanol–water partition coefficient (Wildman–Crippen LogP) is 2.14. The first kappa shape index (κ1) is 18.2. The van der Waals surface area contributed by atoms with Crippen molar-refractivity contribution in [1.82, 2.24) is 0 Å². The fourth-order valence-electron chi connectivity index (χ4n) is 2.67. The minimum atomic E-state index is -0.742. The van der Waals surface area contributed by atoms with E-state index >= 15 is 0 Å². The maximum absolute atomic E-state index is 12.0. The SMILES string of the molecule is NC(=O)c1ccc(C(Nc2ccccc2)c2oc(CO)cc(=O)c2O)cc1. The van der Waals surface area contributed by atoms with Crippen molar-refractivity contribution in [1.29, 1.82) is 0 Å². The summed E-state index contributed by atoms with van der Waals surface area (Å²) in [6, 6.07) is 15.8. The maximum atomic E-state index is 12.0. The highest BCUT2D eigenvalue weighted by molar-refractivity contribution is 5.92. The Hall–Kier alpha value is -3.58. The number of rotatable bonds is 6. The molecule has 1 aromatic heterocycles. The smallest absolute Gasteiger partial charge is 0.248 e. The second kappa shape index (κ2) is 7.76. The number of benzene rings is 2. The number of primary amides is 1. The summed E-state index contributed by atoms with van der Waals surface area (Å²) in [5, 5.41) is 22.8. The van der Waals surface area contributed by atoms with Crippen molar-refractivity contribution in [2.45, 2.75) is 12.6 Å². The number of hydrogen-bond donors (Lipinski definition) is 4. The van der Waals surface area contributed by atoms with Gasteiger partial charge in [0, 0.05) is 17.3 Å². The highest BCUT2D eigenvalue weighted by atomic mass is 16.4. The Morgan fingerprint density at radius 1 is 1.11 bits per heavy atom. The molecule has 2 aromatic carbocycles. The lowest BCUT2D eigenvalue weighted by atomic mass is 10.0. The van der Waals surface area contributed by atoms with Crippen LogP contribution in [-0.4, -0.2) is 16.1 Å². The van der Waals surface area contributed by atoms with Crippen molar-refractivity contribution in [2.75, 3.05) is 5.32 Å². The number of aliphatic hydroxyl groups is 1. The third-order valence-electron chi connectivity index (χ3n) is 4.03. The number of aromatic hydroxyl groups is 1. The number of anilines is 1. The number of hydrogen-bond acceptors (Lipinski definition) is 6. The number of aliphatic hydroxyl groups excluding tert-OH is 1. The lowest BCUT2D eigenvalue weighted by Crippen LogP contribution is -2.17. The van der Waals surface area contributed by atoms with Crippen molar-refractivity contribution < 1.29 is 19.4 Å². The molecule has 138 valence electrons. The Morgan fingerprint density at radius 2 is 1.78 bits per heavy atom. The number of nitrogens with two attached hydrogens (primary N) is 1. The summed E-state index contributed by atoms with van der Waals surface area (Å²) in [4.78, 5) is 23.3. The van der Waals surface area contributed by atoms with E-state index in [0.717, 1.165) is 11.8 Å². The highest BCUT2D eigenvalue weighted by Gasteiger charge is 2.23. The van der Waals surface area contributed by atoms with Gasteiger partial charge in [0.25, 0.3) is 0 Å². The minimum Gasteiger partial charge on any atom is -0.502 e. The molecule has 0 aliphatic heterocycles. The molecule has 7 heteroatoms. The van der Waals surface area contributed by atoms with Crippen LogP contribution in [0.3, 0.4) is 0 Å². The summed E-state index contributed by atoms with van der Waals surface area (Å²) >= 11 is 0. The number of carbonyl (C=O) groups excluding carboxylic acids is 1. The predicted molar refractivity (Wildman–Crippen MR) is 99.4 cm³/mol. The van der Waals surface area contributed by atoms with Gasteiger partial charge in [0.05, 0.1) is 0 Å². The second-order valence-corrected chi connectivity index (χ2v) is 5.88. The van der Waals surface area contributed by atoms with Gasteiger partial charge in [-0.2, -0.15) is 0 Å². The quantitative estimate of drug-likeness (QED) is 0.529. The third-order valence-corrected chi connectivity index (χ3v) is 4.03. The Kier molecular flexibility index (Phi) is 5.23. The largest absolute Gasteiger partial charge is 0.502 e. The summed E-state index contributed by atoms with van der Waals surface area (Å²) in [6.45, 7) is -0.485. The molecule has 0 saturated carbocycles. The molecule has 0 fully saturated rings. The van der Waals surface area contributed by atoms with Gasteiger partial charge < -0.3 is 25.7 Å². The second-order valence-electron chi connectivity index (χ2n) is 5.88. The molecule has 0 saturated heterocycles. The minimum absolute atomic E-state index is 0.0291. The van der Waals surface area contributed by atoms with Crippen molar-refractivity contribution in [2.24, 2.45) is 5.73 Å². The molecule has 0 bridgehead atoms. The van der Waals surface area contributed by atoms with Crippen LogP contribution in [0.5, 0.6) is 5.75 Å². The number of para-hydroxylation sites is 1. The standard InChI is InChI=1S/C20H18N2O5/c21-20(26)13-8-6-12(7-9-13)17(22-14-4-2-1-3-5-14)19-18(25)16(24)10-15(11-23)27-19/h1-10,17,22-23,25H,11H2,(H2,21,26). The maximum Gasteiger partial charge on any atom is 0.248 e. The van der Waals surface area contributed by atoms with Gasteiger partial charge in [-0.25, -0.2) is 0 Å². The molecule has 5 N–H and O–H groups in total. The molecular weight excluding hydrogens is 348 g/mol. The van der Waals surface area contributed by atoms with E-state index in [1.165, 1.54) is 0 Å². The van der Waals surface area contributed by atoms with Crippen LogP contribution in [0.4, 0.5) is 5.69 Å². The molecule has 3 rings (SSSR count). The molecule has 0 spiro atoms. The molecular formula is C20H18N2O5. The van der Waals surface area contributed by atoms with Crippen LogP contribution in [0, 0.1) is 0 Å². The molecule has 0 radical (unpaired) electrons. The molecule has 1 unspecified atom stereocenters. The zero-order valence-electron chi connectivity index (χ0n) is 14.3. The molecule has 0 aliphatic carbocycles. The van der Waals surface area contributed by atoms with E-state index in [9.17, 15) is 19.8 Å². The van der Waals surface area contributed by atoms with Gasteiger partial charge >= 0.3 is 0 Å². The van der Waals surface area contributed by atoms with Crippen LogP contribution < -0.4 is 16.5 Å². The zero-order chi connectivity index (χ0) is 19.4.